The number of aromatic nitrogens is 4. The molecule has 0 radical (unpaired) electrons. The Bertz CT molecular complexity index is 2770. The van der Waals surface area contributed by atoms with Crippen LogP contribution in [-0.2, 0) is 0 Å². The lowest BCUT2D eigenvalue weighted by molar-refractivity contribution is 0.0689. The molecule has 8 aromatic rings. The monoisotopic (exact) mass is 732 g/mol. The number of para-hydroxylation sites is 2. The van der Waals surface area contributed by atoms with E-state index in [-0.39, 0.29) is 22.2 Å². The van der Waals surface area contributed by atoms with Crippen LogP contribution in [0.25, 0.3) is 44.6 Å². The zero-order valence-corrected chi connectivity index (χ0v) is 29.5. The minimum absolute atomic E-state index is 0.0301. The van der Waals surface area contributed by atoms with Crippen molar-refractivity contribution >= 4 is 45.2 Å². The Morgan fingerprint density at radius 3 is 1.65 bits per heavy atom. The van der Waals surface area contributed by atoms with E-state index in [0.717, 1.165) is 22.3 Å². The van der Waals surface area contributed by atoms with Crippen LogP contribution >= 0.6 is 0 Å². The number of carbonyl (C=O) groups is 2. The third kappa shape index (κ3) is 8.64. The van der Waals surface area contributed by atoms with Gasteiger partial charge in [0.25, 0.3) is 5.91 Å². The number of nitrogens with two attached hydrogens (primary N) is 1. The second-order valence-electron chi connectivity index (χ2n) is 11.9. The molecule has 0 bridgehead atoms. The number of fused-ring (bicyclic) bond motifs is 2. The lowest BCUT2D eigenvalue weighted by Crippen LogP contribution is -2.14. The van der Waals surface area contributed by atoms with Gasteiger partial charge in [-0.2, -0.15) is 0 Å². The number of aromatic carboxylic acids is 1. The summed E-state index contributed by atoms with van der Waals surface area (Å²) in [5.74, 6) is -0.483. The molecule has 0 aliphatic rings. The highest BCUT2D eigenvalue weighted by Gasteiger charge is 2.15. The van der Waals surface area contributed by atoms with Crippen molar-refractivity contribution in [3.05, 3.63) is 177 Å². The number of nitrogens with one attached hydrogen (secondary N) is 1. The molecule has 0 unspecified atom stereocenters. The van der Waals surface area contributed by atoms with Crippen LogP contribution in [0, 0.1) is 13.8 Å². The van der Waals surface area contributed by atoms with Crippen molar-refractivity contribution < 1.29 is 23.5 Å². The molecule has 0 saturated carbocycles. The van der Waals surface area contributed by atoms with E-state index in [2.05, 4.69) is 25.3 Å². The van der Waals surface area contributed by atoms with Gasteiger partial charge in [0.2, 0.25) is 0 Å². The summed E-state index contributed by atoms with van der Waals surface area (Å²) in [7, 11) is 0. The molecule has 4 aromatic carbocycles. The van der Waals surface area contributed by atoms with Gasteiger partial charge in [0.1, 0.15) is 17.2 Å². The van der Waals surface area contributed by atoms with Crippen molar-refractivity contribution in [2.75, 3.05) is 11.1 Å². The summed E-state index contributed by atoms with van der Waals surface area (Å²) < 4.78 is 11.8. The minimum atomic E-state index is -1.05. The number of hydrogen-bond donors (Lipinski definition) is 3. The Morgan fingerprint density at radius 1 is 0.636 bits per heavy atom. The van der Waals surface area contributed by atoms with Crippen LogP contribution in [-0.4, -0.2) is 36.9 Å². The summed E-state index contributed by atoms with van der Waals surface area (Å²) in [6, 6.07) is 28.7. The van der Waals surface area contributed by atoms with Crippen LogP contribution < -0.4 is 21.9 Å². The Balaban J connectivity index is 0.000000159. The standard InChI is InChI=1S/C21H15N3O3.C16H13NO2.C5H4N2O2/c1-13-5-2-3-6-14(13)19-11-18(25)15-7-4-8-16(20(15)27-19)24-21(26)17-12-22-9-10-23-17;1-10-5-2-3-6-11(10)15-9-14(18)12-7-4-8-13(17)16(12)19-15;8-5(9)4-3-6-1-2-7-4/h2-12H,1H3,(H,24,26);2-9H,17H2,1H3;1-3H,(H,8,9). The number of carboxylic acid groups (broad SMARTS) is 1. The van der Waals surface area contributed by atoms with E-state index in [0.29, 0.717) is 44.8 Å². The van der Waals surface area contributed by atoms with Gasteiger partial charge in [-0.3, -0.25) is 24.4 Å². The number of aryl methyl sites for hydroxylation is 2. The van der Waals surface area contributed by atoms with Crippen LogP contribution in [0.4, 0.5) is 11.4 Å². The van der Waals surface area contributed by atoms with Crippen molar-refractivity contribution in [2.24, 2.45) is 0 Å². The minimum Gasteiger partial charge on any atom is -0.476 e. The lowest BCUT2D eigenvalue weighted by Gasteiger charge is -2.10. The SMILES string of the molecule is Cc1ccccc1-c1cc(=O)c2cccc(N)c2o1.Cc1ccccc1-c1cc(=O)c2cccc(NC(=O)c3cnccn3)c2o1.O=C(O)c1cnccn1. The maximum atomic E-state index is 12.6. The molecule has 272 valence electrons. The Kier molecular flexibility index (Phi) is 11.2. The molecule has 8 rings (SSSR count). The zero-order valence-electron chi connectivity index (χ0n) is 29.5. The second kappa shape index (κ2) is 16.7. The summed E-state index contributed by atoms with van der Waals surface area (Å²) in [6.07, 6.45) is 8.25. The van der Waals surface area contributed by atoms with E-state index in [4.69, 9.17) is 19.7 Å². The molecule has 0 aliphatic heterocycles. The van der Waals surface area contributed by atoms with E-state index in [9.17, 15) is 19.2 Å². The van der Waals surface area contributed by atoms with Crippen LogP contribution in [0.15, 0.2) is 153 Å². The number of nitrogen functional groups attached to an aromatic ring is 1. The van der Waals surface area contributed by atoms with E-state index in [1.165, 1.54) is 49.3 Å². The fraction of sp³-hybridized carbons (Fsp3) is 0.0476. The van der Waals surface area contributed by atoms with Crippen molar-refractivity contribution in [3.63, 3.8) is 0 Å². The molecule has 0 atom stereocenters. The summed E-state index contributed by atoms with van der Waals surface area (Å²) >= 11 is 0. The normalized spacial score (nSPS) is 10.4. The average Bonchev–Trinajstić information content (AvgIpc) is 3.20. The number of carboxylic acids is 1. The van der Waals surface area contributed by atoms with Crippen molar-refractivity contribution in [2.45, 2.75) is 13.8 Å². The smallest absolute Gasteiger partial charge is 0.356 e. The molecule has 0 saturated heterocycles. The quantitative estimate of drug-likeness (QED) is 0.149. The van der Waals surface area contributed by atoms with E-state index >= 15 is 0 Å². The van der Waals surface area contributed by atoms with Crippen LogP contribution in [0.2, 0.25) is 0 Å². The van der Waals surface area contributed by atoms with Crippen molar-refractivity contribution in [3.8, 4) is 22.6 Å². The topological polar surface area (TPSA) is 204 Å². The van der Waals surface area contributed by atoms with Crippen LogP contribution in [0.5, 0.6) is 0 Å². The van der Waals surface area contributed by atoms with Gasteiger partial charge in [-0.15, -0.1) is 0 Å². The number of carbonyl (C=O) groups excluding carboxylic acids is 1. The highest BCUT2D eigenvalue weighted by molar-refractivity contribution is 6.06. The van der Waals surface area contributed by atoms with Gasteiger partial charge < -0.3 is 25.0 Å². The fourth-order valence-corrected chi connectivity index (χ4v) is 5.45. The number of benzene rings is 4. The number of amides is 1. The van der Waals surface area contributed by atoms with Crippen LogP contribution in [0.1, 0.15) is 32.1 Å². The molecule has 4 aromatic heterocycles. The predicted molar refractivity (Wildman–Crippen MR) is 209 cm³/mol. The van der Waals surface area contributed by atoms with Gasteiger partial charge in [-0.25, -0.2) is 14.8 Å². The number of nitrogens with zero attached hydrogens (tertiary/aromatic N) is 4. The van der Waals surface area contributed by atoms with Crippen molar-refractivity contribution in [1.82, 2.24) is 19.9 Å². The highest BCUT2D eigenvalue weighted by Crippen LogP contribution is 2.29. The molecule has 1 amide bonds. The molecule has 0 fully saturated rings. The molecule has 0 aliphatic carbocycles. The summed E-state index contributed by atoms with van der Waals surface area (Å²) in [6.45, 7) is 3.93. The van der Waals surface area contributed by atoms with Crippen LogP contribution in [0.3, 0.4) is 0 Å². The number of hydrogen-bond acceptors (Lipinski definition) is 11. The Labute approximate surface area is 312 Å². The van der Waals surface area contributed by atoms with Crippen molar-refractivity contribution in [1.29, 1.82) is 0 Å². The average molecular weight is 733 g/mol. The predicted octanol–water partition coefficient (Wildman–Crippen LogP) is 7.34. The first-order valence-corrected chi connectivity index (χ1v) is 16.7. The van der Waals surface area contributed by atoms with Gasteiger partial charge in [0.15, 0.2) is 27.7 Å². The molecule has 13 nitrogen and oxygen atoms in total. The first-order valence-electron chi connectivity index (χ1n) is 16.7. The number of rotatable bonds is 5. The van der Waals surface area contributed by atoms with Gasteiger partial charge in [-0.1, -0.05) is 60.7 Å². The summed E-state index contributed by atoms with van der Waals surface area (Å²) in [5, 5.41) is 11.9. The van der Waals surface area contributed by atoms with Gasteiger partial charge in [0.05, 0.1) is 34.5 Å². The molecule has 4 N–H and O–H groups in total. The number of anilines is 2. The largest absolute Gasteiger partial charge is 0.476 e. The third-order valence-corrected chi connectivity index (χ3v) is 8.19. The molecular weight excluding hydrogens is 700 g/mol. The Morgan fingerprint density at radius 2 is 1.15 bits per heavy atom. The molecule has 0 spiro atoms. The summed E-state index contributed by atoms with van der Waals surface area (Å²) in [4.78, 5) is 62.2. The van der Waals surface area contributed by atoms with Gasteiger partial charge in [-0.05, 0) is 49.2 Å². The van der Waals surface area contributed by atoms with Gasteiger partial charge in [0, 0.05) is 48.0 Å². The lowest BCUT2D eigenvalue weighted by atomic mass is 10.1. The first kappa shape index (κ1) is 37.0. The fourth-order valence-electron chi connectivity index (χ4n) is 5.45. The maximum Gasteiger partial charge on any atom is 0.356 e. The molecule has 4 heterocycles. The molecule has 13 heteroatoms. The first-order chi connectivity index (χ1) is 26.6. The van der Waals surface area contributed by atoms with E-state index < -0.39 is 11.9 Å². The van der Waals surface area contributed by atoms with E-state index in [1.807, 2.05) is 62.4 Å². The zero-order chi connectivity index (χ0) is 38.9. The third-order valence-electron chi connectivity index (χ3n) is 8.19. The Hall–Kier alpha value is -7.80. The summed E-state index contributed by atoms with van der Waals surface area (Å²) in [5.41, 5.74) is 11.2. The highest BCUT2D eigenvalue weighted by atomic mass is 16.4. The molecular formula is C42H32N6O7. The van der Waals surface area contributed by atoms with Gasteiger partial charge >= 0.3 is 5.97 Å². The second-order valence-corrected chi connectivity index (χ2v) is 11.9. The van der Waals surface area contributed by atoms with E-state index in [1.54, 1.807) is 36.4 Å². The molecule has 55 heavy (non-hydrogen) atoms. The maximum absolute atomic E-state index is 12.6.